The van der Waals surface area contributed by atoms with Crippen molar-refractivity contribution >= 4 is 23.9 Å². The Labute approximate surface area is 302 Å². The first-order valence-corrected chi connectivity index (χ1v) is 19.3. The fourth-order valence-corrected chi connectivity index (χ4v) is 11.5. The third-order valence-electron chi connectivity index (χ3n) is 13.2. The molecule has 50 heavy (non-hydrogen) atoms. The molecule has 4 rings (SSSR count). The SMILES string of the molecule is C=CC.CCCC1C(C(=O)NNC(=O)OC(C)(C)C)CCC2C1CCC1C2(C)CCC2C(C)(C)C(OC(=O)CC(C)(C)CC(=O)O)CCC21C. The first kappa shape index (κ1) is 41.8. The maximum Gasteiger partial charge on any atom is 0.426 e. The molecule has 4 fully saturated rings. The molecule has 0 aromatic rings. The third kappa shape index (κ3) is 9.25. The Morgan fingerprint density at radius 2 is 1.48 bits per heavy atom. The molecule has 4 aliphatic rings. The van der Waals surface area contributed by atoms with E-state index in [4.69, 9.17) is 9.47 Å². The Hall–Kier alpha value is -2.58. The first-order chi connectivity index (χ1) is 23.1. The number of carboxylic acid groups (broad SMARTS) is 1. The second-order valence-electron chi connectivity index (χ2n) is 18.9. The van der Waals surface area contributed by atoms with Crippen molar-refractivity contribution in [2.45, 2.75) is 165 Å². The van der Waals surface area contributed by atoms with Gasteiger partial charge in [0.15, 0.2) is 0 Å². The standard InChI is InChI=1S/C38H64N2O7.C3H6/c1-11-12-23-24-14-16-28-37(9,26(24)15-13-25(23)32(44)39-40-33(45)47-34(2,3)4)19-17-27-36(7,8)29(18-20-38(27,28)10)46-31(43)22-35(5,6)21-30(41)42;1-3-2/h23-29H,11-22H2,1-10H3,(H,39,44)(H,40,45)(H,41,42);3H,1H2,2H3. The molecular formula is C41H70N2O7. The van der Waals surface area contributed by atoms with E-state index in [0.29, 0.717) is 29.6 Å². The van der Waals surface area contributed by atoms with Gasteiger partial charge in [-0.2, -0.15) is 0 Å². The number of nitrogens with one attached hydrogen (secondary N) is 2. The molecule has 3 N–H and O–H groups in total. The van der Waals surface area contributed by atoms with Gasteiger partial charge in [0, 0.05) is 11.3 Å². The van der Waals surface area contributed by atoms with Crippen LogP contribution in [0.1, 0.15) is 153 Å². The molecule has 4 saturated carbocycles. The van der Waals surface area contributed by atoms with Gasteiger partial charge in [0.1, 0.15) is 11.7 Å². The van der Waals surface area contributed by atoms with E-state index < -0.39 is 23.1 Å². The van der Waals surface area contributed by atoms with Gasteiger partial charge in [-0.25, -0.2) is 10.2 Å². The summed E-state index contributed by atoms with van der Waals surface area (Å²) >= 11 is 0. The number of amides is 2. The topological polar surface area (TPSA) is 131 Å². The quantitative estimate of drug-likeness (QED) is 0.131. The zero-order valence-electron chi connectivity index (χ0n) is 33.2. The predicted octanol–water partition coefficient (Wildman–Crippen LogP) is 9.25. The highest BCUT2D eigenvalue weighted by Gasteiger charge is 2.65. The van der Waals surface area contributed by atoms with E-state index in [1.807, 2.05) is 20.8 Å². The summed E-state index contributed by atoms with van der Waals surface area (Å²) in [7, 11) is 0. The van der Waals surface area contributed by atoms with Crippen molar-refractivity contribution in [2.24, 2.45) is 57.2 Å². The van der Waals surface area contributed by atoms with Crippen LogP contribution in [0.4, 0.5) is 4.79 Å². The Morgan fingerprint density at radius 1 is 0.860 bits per heavy atom. The van der Waals surface area contributed by atoms with Gasteiger partial charge in [-0.05, 0) is 131 Å². The average molecular weight is 703 g/mol. The van der Waals surface area contributed by atoms with Crippen molar-refractivity contribution in [3.05, 3.63) is 12.7 Å². The van der Waals surface area contributed by atoms with E-state index in [1.54, 1.807) is 26.8 Å². The largest absolute Gasteiger partial charge is 0.481 e. The summed E-state index contributed by atoms with van der Waals surface area (Å²) in [5.41, 5.74) is 4.04. The van der Waals surface area contributed by atoms with Crippen LogP contribution in [0.2, 0.25) is 0 Å². The number of ether oxygens (including phenoxy) is 2. The lowest BCUT2D eigenvalue weighted by Crippen LogP contribution is -2.63. The molecule has 0 aromatic heterocycles. The van der Waals surface area contributed by atoms with Gasteiger partial charge in [-0.1, -0.05) is 61.0 Å². The van der Waals surface area contributed by atoms with Crippen molar-refractivity contribution in [3.63, 3.8) is 0 Å². The minimum atomic E-state index is -0.899. The van der Waals surface area contributed by atoms with Crippen LogP contribution in [0.25, 0.3) is 0 Å². The lowest BCUT2D eigenvalue weighted by molar-refractivity contribution is -0.219. The van der Waals surface area contributed by atoms with Crippen LogP contribution in [-0.4, -0.2) is 40.8 Å². The number of aliphatic carboxylic acids is 1. The number of carbonyl (C=O) groups is 4. The van der Waals surface area contributed by atoms with E-state index in [0.717, 1.165) is 64.2 Å². The monoisotopic (exact) mass is 703 g/mol. The zero-order valence-corrected chi connectivity index (χ0v) is 33.2. The predicted molar refractivity (Wildman–Crippen MR) is 197 cm³/mol. The van der Waals surface area contributed by atoms with Crippen LogP contribution in [-0.2, 0) is 23.9 Å². The molecule has 286 valence electrons. The van der Waals surface area contributed by atoms with E-state index in [9.17, 15) is 24.3 Å². The molecule has 0 aliphatic heterocycles. The van der Waals surface area contributed by atoms with Crippen LogP contribution < -0.4 is 10.9 Å². The summed E-state index contributed by atoms with van der Waals surface area (Å²) < 4.78 is 11.5. The molecule has 2 amide bonds. The Balaban J connectivity index is 0.00000217. The molecule has 0 spiro atoms. The minimum absolute atomic E-state index is 0.0627. The van der Waals surface area contributed by atoms with Crippen molar-refractivity contribution in [1.82, 2.24) is 10.9 Å². The Bertz CT molecular complexity index is 1240. The van der Waals surface area contributed by atoms with Gasteiger partial charge in [0.2, 0.25) is 5.91 Å². The Morgan fingerprint density at radius 3 is 2.06 bits per heavy atom. The molecule has 9 nitrogen and oxygen atoms in total. The maximum absolute atomic E-state index is 13.5. The highest BCUT2D eigenvalue weighted by atomic mass is 16.6. The van der Waals surface area contributed by atoms with E-state index in [1.165, 1.54) is 0 Å². The summed E-state index contributed by atoms with van der Waals surface area (Å²) in [5, 5.41) is 9.27. The van der Waals surface area contributed by atoms with Crippen molar-refractivity contribution in [2.75, 3.05) is 0 Å². The van der Waals surface area contributed by atoms with Crippen molar-refractivity contribution in [3.8, 4) is 0 Å². The Kier molecular flexibility index (Phi) is 13.4. The first-order valence-electron chi connectivity index (χ1n) is 19.3. The average Bonchev–Trinajstić information content (AvgIpc) is 2.96. The van der Waals surface area contributed by atoms with Crippen LogP contribution in [0.15, 0.2) is 12.7 Å². The number of hydrogen-bond donors (Lipinski definition) is 3. The van der Waals surface area contributed by atoms with Gasteiger partial charge in [-0.3, -0.25) is 19.8 Å². The molecule has 0 heterocycles. The summed E-state index contributed by atoms with van der Waals surface area (Å²) in [6.07, 6.45) is 11.2. The van der Waals surface area contributed by atoms with Crippen LogP contribution in [0.3, 0.4) is 0 Å². The highest BCUT2D eigenvalue weighted by Crippen LogP contribution is 2.71. The van der Waals surface area contributed by atoms with Gasteiger partial charge in [0.05, 0.1) is 12.8 Å². The number of hydrazine groups is 1. The van der Waals surface area contributed by atoms with Gasteiger partial charge in [-0.15, -0.1) is 6.58 Å². The number of rotatable bonds is 8. The molecule has 0 radical (unpaired) electrons. The molecule has 0 bridgehead atoms. The summed E-state index contributed by atoms with van der Waals surface area (Å²) in [4.78, 5) is 50.1. The number of hydrogen-bond acceptors (Lipinski definition) is 6. The fourth-order valence-electron chi connectivity index (χ4n) is 11.5. The molecule has 4 aliphatic carbocycles. The smallest absolute Gasteiger partial charge is 0.426 e. The molecule has 9 heteroatoms. The van der Waals surface area contributed by atoms with Crippen molar-refractivity contribution in [1.29, 1.82) is 0 Å². The van der Waals surface area contributed by atoms with Crippen molar-refractivity contribution < 1.29 is 33.8 Å². The van der Waals surface area contributed by atoms with E-state index >= 15 is 0 Å². The molecular weight excluding hydrogens is 632 g/mol. The van der Waals surface area contributed by atoms with Crippen LogP contribution >= 0.6 is 0 Å². The minimum Gasteiger partial charge on any atom is -0.481 e. The highest BCUT2D eigenvalue weighted by molar-refractivity contribution is 5.81. The number of carbonyl (C=O) groups excluding carboxylic acids is 3. The number of esters is 1. The van der Waals surface area contributed by atoms with Crippen LogP contribution in [0.5, 0.6) is 0 Å². The molecule has 0 aromatic carbocycles. The summed E-state index contributed by atoms with van der Waals surface area (Å²) in [6.45, 7) is 26.1. The maximum atomic E-state index is 13.5. The lowest BCUT2D eigenvalue weighted by atomic mass is 9.36. The molecule has 9 atom stereocenters. The number of carboxylic acids is 1. The fraction of sp³-hybridized carbons (Fsp3) is 0.854. The van der Waals surface area contributed by atoms with E-state index in [2.05, 4.69) is 52.0 Å². The molecule has 9 unspecified atom stereocenters. The van der Waals surface area contributed by atoms with Crippen LogP contribution in [0, 0.1) is 57.2 Å². The summed E-state index contributed by atoms with van der Waals surface area (Å²) in [5.74, 6) is 0.930. The van der Waals surface area contributed by atoms with Gasteiger partial charge in [0.25, 0.3) is 0 Å². The number of allylic oxidation sites excluding steroid dienone is 1. The van der Waals surface area contributed by atoms with Gasteiger partial charge < -0.3 is 14.6 Å². The lowest BCUT2D eigenvalue weighted by Gasteiger charge is -2.68. The third-order valence-corrected chi connectivity index (χ3v) is 13.2. The summed E-state index contributed by atoms with van der Waals surface area (Å²) in [6, 6.07) is 0. The molecule has 0 saturated heterocycles. The zero-order chi connectivity index (χ0) is 37.9. The second kappa shape index (κ2) is 16.0. The second-order valence-corrected chi connectivity index (χ2v) is 18.9. The van der Waals surface area contributed by atoms with Gasteiger partial charge >= 0.3 is 18.0 Å². The number of fused-ring (bicyclic) bond motifs is 5. The normalized spacial score (nSPS) is 34.6. The van der Waals surface area contributed by atoms with E-state index in [-0.39, 0.29) is 53.0 Å².